The van der Waals surface area contributed by atoms with Crippen molar-refractivity contribution < 1.29 is 8.94 Å². The number of likely N-dealkylation sites (tertiary alicyclic amines) is 1. The van der Waals surface area contributed by atoms with Gasteiger partial charge in [0.15, 0.2) is 5.58 Å². The molecule has 1 aliphatic heterocycles. The van der Waals surface area contributed by atoms with E-state index in [1.165, 1.54) is 24.8 Å². The molecule has 2 aromatic heterocycles. The van der Waals surface area contributed by atoms with E-state index in [0.717, 1.165) is 25.2 Å². The monoisotopic (exact) mass is 376 g/mol. The molecular weight excluding hydrogens is 356 g/mol. The van der Waals surface area contributed by atoms with Crippen molar-refractivity contribution in [2.24, 2.45) is 0 Å². The highest BCUT2D eigenvalue weighted by Gasteiger charge is 2.16. The molecule has 28 heavy (non-hydrogen) atoms. The van der Waals surface area contributed by atoms with Crippen LogP contribution in [-0.4, -0.2) is 33.1 Å². The topological polar surface area (TPSA) is 88.2 Å². The van der Waals surface area contributed by atoms with E-state index in [1.54, 1.807) is 12.1 Å². The Balaban J connectivity index is 1.44. The smallest absolute Gasteiger partial charge is 0.408 e. The summed E-state index contributed by atoms with van der Waals surface area (Å²) in [6.45, 7) is 3.25. The summed E-state index contributed by atoms with van der Waals surface area (Å²) in [5, 5.41) is 4.14. The first-order valence-corrected chi connectivity index (χ1v) is 9.54. The number of nitrogens with one attached hydrogen (secondary N) is 1. The fraction of sp³-hybridized carbons (Fsp3) is 0.286. The van der Waals surface area contributed by atoms with E-state index in [4.69, 9.17) is 8.94 Å². The molecule has 0 saturated carbocycles. The van der Waals surface area contributed by atoms with Gasteiger partial charge >= 0.3 is 5.76 Å². The second-order valence-electron chi connectivity index (χ2n) is 7.15. The number of piperidine rings is 1. The molecule has 0 amide bonds. The van der Waals surface area contributed by atoms with Gasteiger partial charge in [-0.15, -0.1) is 0 Å². The fourth-order valence-corrected chi connectivity index (χ4v) is 3.79. The number of oxazole rings is 1. The molecule has 1 saturated heterocycles. The predicted molar refractivity (Wildman–Crippen MR) is 105 cm³/mol. The molecule has 3 heterocycles. The van der Waals surface area contributed by atoms with Crippen molar-refractivity contribution >= 4 is 11.1 Å². The van der Waals surface area contributed by atoms with E-state index in [1.807, 2.05) is 18.2 Å². The third-order valence-corrected chi connectivity index (χ3v) is 5.15. The molecule has 0 radical (unpaired) electrons. The Hall–Kier alpha value is -3.19. The van der Waals surface area contributed by atoms with Gasteiger partial charge in [0.05, 0.1) is 11.1 Å². The molecule has 0 atom stereocenters. The van der Waals surface area contributed by atoms with Gasteiger partial charge in [-0.25, -0.2) is 4.79 Å². The van der Waals surface area contributed by atoms with Gasteiger partial charge < -0.3 is 8.94 Å². The number of aromatic amines is 1. The number of hydrogen-bond acceptors (Lipinski definition) is 6. The minimum Gasteiger partial charge on any atom is -0.408 e. The van der Waals surface area contributed by atoms with Crippen molar-refractivity contribution in [1.29, 1.82) is 0 Å². The molecule has 2 aromatic carbocycles. The number of para-hydroxylation sites is 1. The van der Waals surface area contributed by atoms with Crippen molar-refractivity contribution in [3.05, 3.63) is 58.6 Å². The maximum absolute atomic E-state index is 11.5. The normalized spacial score (nSPS) is 15.3. The molecule has 7 nitrogen and oxygen atoms in total. The van der Waals surface area contributed by atoms with E-state index in [-0.39, 0.29) is 0 Å². The molecule has 5 rings (SSSR count). The SMILES string of the molecule is O=c1[nH]c2c(-c3nc(-c4cccc(CN5CCCCC5)c4)no3)cccc2o1. The van der Waals surface area contributed by atoms with Gasteiger partial charge in [0.25, 0.3) is 5.89 Å². The summed E-state index contributed by atoms with van der Waals surface area (Å²) in [5.41, 5.74) is 3.82. The quantitative estimate of drug-likeness (QED) is 0.582. The molecule has 142 valence electrons. The average molecular weight is 376 g/mol. The number of fused-ring (bicyclic) bond motifs is 1. The Morgan fingerprint density at radius 3 is 2.82 bits per heavy atom. The third-order valence-electron chi connectivity index (χ3n) is 5.15. The number of rotatable bonds is 4. The van der Waals surface area contributed by atoms with Gasteiger partial charge in [-0.05, 0) is 49.7 Å². The minimum absolute atomic E-state index is 0.346. The van der Waals surface area contributed by atoms with Crippen LogP contribution in [0.15, 0.2) is 56.2 Å². The molecular formula is C21H20N4O3. The maximum atomic E-state index is 11.5. The standard InChI is InChI=1S/C21H20N4O3/c26-21-22-18-16(8-5-9-17(18)27-21)20-23-19(24-28-20)15-7-4-6-14(12-15)13-25-10-2-1-3-11-25/h4-9,12H,1-3,10-11,13H2,(H,22,26). The number of H-pyrrole nitrogens is 1. The van der Waals surface area contributed by atoms with Crippen LogP contribution in [0, 0.1) is 0 Å². The molecule has 4 aromatic rings. The van der Waals surface area contributed by atoms with Gasteiger partial charge in [0.1, 0.15) is 0 Å². The summed E-state index contributed by atoms with van der Waals surface area (Å²) in [6.07, 6.45) is 3.88. The van der Waals surface area contributed by atoms with Crippen LogP contribution in [0.25, 0.3) is 33.9 Å². The third kappa shape index (κ3) is 3.25. The van der Waals surface area contributed by atoms with Gasteiger partial charge in [-0.1, -0.05) is 35.8 Å². The Bertz CT molecular complexity index is 1170. The van der Waals surface area contributed by atoms with E-state index in [9.17, 15) is 4.79 Å². The zero-order valence-corrected chi connectivity index (χ0v) is 15.4. The van der Waals surface area contributed by atoms with Crippen LogP contribution in [0.1, 0.15) is 24.8 Å². The van der Waals surface area contributed by atoms with E-state index in [0.29, 0.717) is 28.4 Å². The van der Waals surface area contributed by atoms with Crippen LogP contribution in [-0.2, 0) is 6.54 Å². The summed E-state index contributed by atoms with van der Waals surface area (Å²) < 4.78 is 10.6. The minimum atomic E-state index is -0.507. The Morgan fingerprint density at radius 2 is 1.93 bits per heavy atom. The zero-order chi connectivity index (χ0) is 18.9. The lowest BCUT2D eigenvalue weighted by atomic mass is 10.1. The summed E-state index contributed by atoms with van der Waals surface area (Å²) >= 11 is 0. The van der Waals surface area contributed by atoms with E-state index in [2.05, 4.69) is 32.2 Å². The second kappa shape index (κ2) is 7.09. The highest BCUT2D eigenvalue weighted by atomic mass is 16.5. The van der Waals surface area contributed by atoms with Crippen molar-refractivity contribution in [3.63, 3.8) is 0 Å². The first-order valence-electron chi connectivity index (χ1n) is 9.54. The maximum Gasteiger partial charge on any atom is 0.417 e. The van der Waals surface area contributed by atoms with Crippen LogP contribution >= 0.6 is 0 Å². The predicted octanol–water partition coefficient (Wildman–Crippen LogP) is 3.82. The molecule has 0 unspecified atom stereocenters. The summed E-state index contributed by atoms with van der Waals surface area (Å²) in [6, 6.07) is 13.6. The number of hydrogen-bond donors (Lipinski definition) is 1. The summed E-state index contributed by atoms with van der Waals surface area (Å²) in [4.78, 5) is 21.2. The summed E-state index contributed by atoms with van der Waals surface area (Å²) in [7, 11) is 0. The zero-order valence-electron chi connectivity index (χ0n) is 15.4. The molecule has 7 heteroatoms. The Labute approximate surface area is 161 Å². The molecule has 1 aliphatic rings. The molecule has 0 spiro atoms. The number of aromatic nitrogens is 3. The largest absolute Gasteiger partial charge is 0.417 e. The van der Waals surface area contributed by atoms with Crippen LogP contribution in [0.4, 0.5) is 0 Å². The van der Waals surface area contributed by atoms with Gasteiger partial charge in [0.2, 0.25) is 5.82 Å². The molecule has 1 N–H and O–H groups in total. The summed E-state index contributed by atoms with van der Waals surface area (Å²) in [5.74, 6) is 0.366. The van der Waals surface area contributed by atoms with E-state index >= 15 is 0 Å². The van der Waals surface area contributed by atoms with Crippen LogP contribution in [0.5, 0.6) is 0 Å². The number of nitrogens with zero attached hydrogens (tertiary/aromatic N) is 3. The average Bonchev–Trinajstić information content (AvgIpc) is 3.35. The molecule has 1 fully saturated rings. The van der Waals surface area contributed by atoms with Crippen molar-refractivity contribution in [2.75, 3.05) is 13.1 Å². The lowest BCUT2D eigenvalue weighted by molar-refractivity contribution is 0.221. The first-order chi connectivity index (χ1) is 13.8. The van der Waals surface area contributed by atoms with E-state index < -0.39 is 5.76 Å². The van der Waals surface area contributed by atoms with Crippen LogP contribution in [0.3, 0.4) is 0 Å². The Kier molecular flexibility index (Phi) is 4.29. The van der Waals surface area contributed by atoms with Crippen molar-refractivity contribution in [3.8, 4) is 22.8 Å². The lowest BCUT2D eigenvalue weighted by Crippen LogP contribution is -2.29. The first kappa shape index (κ1) is 16.9. The molecule has 0 aliphatic carbocycles. The van der Waals surface area contributed by atoms with Crippen LogP contribution in [0.2, 0.25) is 0 Å². The number of benzene rings is 2. The van der Waals surface area contributed by atoms with Crippen molar-refractivity contribution in [1.82, 2.24) is 20.0 Å². The van der Waals surface area contributed by atoms with Gasteiger partial charge in [-0.2, -0.15) is 4.98 Å². The Morgan fingerprint density at radius 1 is 1.07 bits per heavy atom. The highest BCUT2D eigenvalue weighted by Crippen LogP contribution is 2.28. The van der Waals surface area contributed by atoms with Crippen LogP contribution < -0.4 is 5.76 Å². The van der Waals surface area contributed by atoms with Crippen molar-refractivity contribution in [2.45, 2.75) is 25.8 Å². The lowest BCUT2D eigenvalue weighted by Gasteiger charge is -2.26. The van der Waals surface area contributed by atoms with Gasteiger partial charge in [-0.3, -0.25) is 9.88 Å². The fourth-order valence-electron chi connectivity index (χ4n) is 3.79. The van der Waals surface area contributed by atoms with Gasteiger partial charge in [0, 0.05) is 12.1 Å². The molecule has 0 bridgehead atoms. The highest BCUT2D eigenvalue weighted by molar-refractivity contribution is 5.88. The second-order valence-corrected chi connectivity index (χ2v) is 7.15.